The van der Waals surface area contributed by atoms with Gasteiger partial charge >= 0.3 is 0 Å². The molecule has 0 amide bonds. The fraction of sp³-hybridized carbons (Fsp3) is 0.300. The van der Waals surface area contributed by atoms with Crippen molar-refractivity contribution < 1.29 is 19.7 Å². The first kappa shape index (κ1) is 25.7. The third-order valence-corrected chi connectivity index (χ3v) is 7.50. The molecular formula is C30H33NO4S. The number of carbonyl (C=O) groups excluding carboxylic acids is 1. The van der Waals surface area contributed by atoms with Gasteiger partial charge in [-0.2, -0.15) is 0 Å². The highest BCUT2D eigenvalue weighted by Crippen LogP contribution is 2.40. The summed E-state index contributed by atoms with van der Waals surface area (Å²) in [6, 6.07) is 20.1. The first-order chi connectivity index (χ1) is 17.4. The van der Waals surface area contributed by atoms with E-state index < -0.39 is 0 Å². The minimum absolute atomic E-state index is 0.00925. The Kier molecular flexibility index (Phi) is 8.62. The molecule has 2 N–H and O–H groups in total. The van der Waals surface area contributed by atoms with Crippen molar-refractivity contribution in [1.82, 2.24) is 4.90 Å². The van der Waals surface area contributed by atoms with Gasteiger partial charge in [-0.3, -0.25) is 9.69 Å². The van der Waals surface area contributed by atoms with Crippen molar-refractivity contribution in [1.29, 1.82) is 0 Å². The molecule has 0 atom stereocenters. The van der Waals surface area contributed by atoms with Crippen molar-refractivity contribution in [2.45, 2.75) is 33.1 Å². The molecule has 0 bridgehead atoms. The number of carbonyl (C=O) groups is 1. The summed E-state index contributed by atoms with van der Waals surface area (Å²) in [6.45, 7) is 8.00. The maximum Gasteiger partial charge on any atom is 0.161 e. The van der Waals surface area contributed by atoms with Gasteiger partial charge in [-0.25, -0.2) is 0 Å². The van der Waals surface area contributed by atoms with Crippen LogP contribution >= 0.6 is 11.3 Å². The largest absolute Gasteiger partial charge is 0.508 e. The van der Waals surface area contributed by atoms with E-state index >= 15 is 0 Å². The van der Waals surface area contributed by atoms with Crippen molar-refractivity contribution in [3.63, 3.8) is 0 Å². The van der Waals surface area contributed by atoms with Gasteiger partial charge in [0.15, 0.2) is 5.78 Å². The van der Waals surface area contributed by atoms with E-state index in [0.29, 0.717) is 5.56 Å². The number of likely N-dealkylation sites (tertiary alicyclic amines) is 1. The van der Waals surface area contributed by atoms with E-state index in [1.807, 2.05) is 12.1 Å². The van der Waals surface area contributed by atoms with Crippen LogP contribution in [0.1, 0.15) is 42.1 Å². The Labute approximate surface area is 216 Å². The van der Waals surface area contributed by atoms with Crippen LogP contribution < -0.4 is 4.74 Å². The lowest BCUT2D eigenvalue weighted by Gasteiger charge is -2.26. The zero-order valence-electron chi connectivity index (χ0n) is 20.9. The number of hydrogen-bond donors (Lipinski definition) is 2. The molecule has 0 aliphatic carbocycles. The van der Waals surface area contributed by atoms with Gasteiger partial charge in [0, 0.05) is 27.1 Å². The molecule has 188 valence electrons. The summed E-state index contributed by atoms with van der Waals surface area (Å²) in [5.74, 6) is 1.36. The van der Waals surface area contributed by atoms with Crippen LogP contribution in [0, 0.1) is 6.92 Å². The molecule has 0 radical (unpaired) electrons. The summed E-state index contributed by atoms with van der Waals surface area (Å²) in [7, 11) is 0. The molecule has 1 aliphatic rings. The number of aryl methyl sites for hydroxylation is 1. The lowest BCUT2D eigenvalue weighted by atomic mass is 10.0. The smallest absolute Gasteiger partial charge is 0.161 e. The third-order valence-electron chi connectivity index (χ3n) is 6.30. The van der Waals surface area contributed by atoms with E-state index in [9.17, 15) is 15.0 Å². The van der Waals surface area contributed by atoms with Gasteiger partial charge in [0.2, 0.25) is 0 Å². The van der Waals surface area contributed by atoms with Gasteiger partial charge in [-0.1, -0.05) is 24.1 Å². The van der Waals surface area contributed by atoms with Gasteiger partial charge in [-0.05, 0) is 99.9 Å². The number of fused-ring (bicyclic) bond motifs is 1. The van der Waals surface area contributed by atoms with Gasteiger partial charge in [0.05, 0.1) is 0 Å². The van der Waals surface area contributed by atoms with E-state index in [0.717, 1.165) is 39.4 Å². The highest BCUT2D eigenvalue weighted by molar-refractivity contribution is 7.22. The average molecular weight is 504 g/mol. The van der Waals surface area contributed by atoms with E-state index in [-0.39, 0.29) is 17.3 Å². The number of aromatic hydroxyl groups is 2. The predicted molar refractivity (Wildman–Crippen MR) is 148 cm³/mol. The minimum atomic E-state index is -0.00925. The molecule has 1 aliphatic heterocycles. The lowest BCUT2D eigenvalue weighted by molar-refractivity contribution is 0.102. The van der Waals surface area contributed by atoms with Crippen molar-refractivity contribution in [2.24, 2.45) is 0 Å². The van der Waals surface area contributed by atoms with E-state index in [1.54, 1.807) is 42.5 Å². The second-order valence-corrected chi connectivity index (χ2v) is 10.2. The monoisotopic (exact) mass is 503 g/mol. The van der Waals surface area contributed by atoms with Gasteiger partial charge < -0.3 is 14.9 Å². The van der Waals surface area contributed by atoms with E-state index in [2.05, 4.69) is 24.0 Å². The Morgan fingerprint density at radius 1 is 0.917 bits per heavy atom. The normalized spacial score (nSPS) is 13.7. The van der Waals surface area contributed by atoms with Crippen molar-refractivity contribution >= 4 is 27.2 Å². The Hall–Kier alpha value is -3.35. The Morgan fingerprint density at radius 2 is 1.58 bits per heavy atom. The fourth-order valence-electron chi connectivity index (χ4n) is 4.36. The number of phenolic OH excluding ortho intramolecular Hbond substituents is 2. The van der Waals surface area contributed by atoms with Crippen LogP contribution in [0.5, 0.6) is 17.2 Å². The number of piperidine rings is 1. The second kappa shape index (κ2) is 12.1. The van der Waals surface area contributed by atoms with Crippen LogP contribution in [0.3, 0.4) is 0 Å². The number of phenols is 2. The van der Waals surface area contributed by atoms with Crippen LogP contribution in [0.15, 0.2) is 66.7 Å². The average Bonchev–Trinajstić information content (AvgIpc) is 3.25. The molecule has 1 fully saturated rings. The second-order valence-electron chi connectivity index (χ2n) is 9.15. The maximum atomic E-state index is 12.0. The molecule has 6 heteroatoms. The number of rotatable bonds is 6. The number of nitrogens with zero attached hydrogens (tertiary/aromatic N) is 1. The molecule has 5 rings (SSSR count). The fourth-order valence-corrected chi connectivity index (χ4v) is 5.65. The molecule has 0 saturated carbocycles. The number of ether oxygens (including phenoxy) is 1. The summed E-state index contributed by atoms with van der Waals surface area (Å²) in [5, 5.41) is 19.8. The molecule has 0 spiro atoms. The Bertz CT molecular complexity index is 1290. The van der Waals surface area contributed by atoms with Gasteiger partial charge in [0.25, 0.3) is 0 Å². The Morgan fingerprint density at radius 3 is 2.25 bits per heavy atom. The zero-order valence-corrected chi connectivity index (χ0v) is 21.7. The van der Waals surface area contributed by atoms with Crippen molar-refractivity contribution in [3.05, 3.63) is 77.9 Å². The lowest BCUT2D eigenvalue weighted by Crippen LogP contribution is -2.33. The number of thiophene rings is 1. The number of benzene rings is 3. The summed E-state index contributed by atoms with van der Waals surface area (Å²) in [6.07, 6.45) is 4.10. The molecule has 1 saturated heterocycles. The molecule has 1 aromatic heterocycles. The molecule has 0 unspecified atom stereocenters. The molecule has 36 heavy (non-hydrogen) atoms. The van der Waals surface area contributed by atoms with Crippen LogP contribution in [-0.2, 0) is 0 Å². The van der Waals surface area contributed by atoms with Crippen molar-refractivity contribution in [3.8, 4) is 27.7 Å². The van der Waals surface area contributed by atoms with Crippen LogP contribution in [0.25, 0.3) is 20.5 Å². The summed E-state index contributed by atoms with van der Waals surface area (Å²) in [5.41, 5.74) is 2.83. The maximum absolute atomic E-state index is 12.0. The first-order valence-electron chi connectivity index (χ1n) is 12.4. The highest BCUT2D eigenvalue weighted by Gasteiger charge is 2.17. The van der Waals surface area contributed by atoms with Gasteiger partial charge in [0.1, 0.15) is 23.9 Å². The highest BCUT2D eigenvalue weighted by atomic mass is 32.1. The molecule has 4 aromatic rings. The summed E-state index contributed by atoms with van der Waals surface area (Å²) >= 11 is 1.46. The first-order valence-corrected chi connectivity index (χ1v) is 13.2. The molecule has 5 nitrogen and oxygen atoms in total. The van der Waals surface area contributed by atoms with E-state index in [1.165, 1.54) is 56.2 Å². The topological polar surface area (TPSA) is 70.0 Å². The number of hydrogen-bond acceptors (Lipinski definition) is 6. The Balaban J connectivity index is 0.000000174. The van der Waals surface area contributed by atoms with Crippen LogP contribution in [-0.4, -0.2) is 47.1 Å². The quantitative estimate of drug-likeness (QED) is 0.276. The van der Waals surface area contributed by atoms with E-state index in [4.69, 9.17) is 4.74 Å². The van der Waals surface area contributed by atoms with Crippen LogP contribution in [0.4, 0.5) is 0 Å². The summed E-state index contributed by atoms with van der Waals surface area (Å²) < 4.78 is 6.60. The standard InChI is InChI=1S/C16H12O3S.C14H21NO/c1-9(17)15-13-7-6-12(19)8-14(13)20-16(15)10-2-4-11(18)5-3-10;1-13-5-7-14(8-6-13)16-12-11-15-9-3-2-4-10-15/h2-8,18-19H,1H3;5-8H,2-4,9-12H2,1H3. The molecule has 3 aromatic carbocycles. The van der Waals surface area contributed by atoms with Crippen LogP contribution in [0.2, 0.25) is 0 Å². The minimum Gasteiger partial charge on any atom is -0.508 e. The van der Waals surface area contributed by atoms with Crippen molar-refractivity contribution in [2.75, 3.05) is 26.2 Å². The predicted octanol–water partition coefficient (Wildman–Crippen LogP) is 7.04. The molecular weight excluding hydrogens is 470 g/mol. The number of ketones is 1. The van der Waals surface area contributed by atoms with Gasteiger partial charge in [-0.15, -0.1) is 11.3 Å². The summed E-state index contributed by atoms with van der Waals surface area (Å²) in [4.78, 5) is 15.3. The SMILES string of the molecule is CC(=O)c1c(-c2ccc(O)cc2)sc2cc(O)ccc12.Cc1ccc(OCCN2CCCCC2)cc1. The third kappa shape index (κ3) is 6.65. The number of Topliss-reactive ketones (excluding diaryl/α,β-unsaturated/α-hetero) is 1. The zero-order chi connectivity index (χ0) is 25.5. The molecule has 2 heterocycles.